The number of carbonyl (C=O) groups excluding carboxylic acids is 2. The van der Waals surface area contributed by atoms with Crippen molar-refractivity contribution in [2.45, 2.75) is 45.3 Å². The first-order chi connectivity index (χ1) is 14.2. The van der Waals surface area contributed by atoms with Crippen LogP contribution in [0.4, 0.5) is 0 Å². The number of ether oxygens (including phenoxy) is 1. The fraction of sp³-hybridized carbons (Fsp3) is 0.500. The quantitative estimate of drug-likeness (QED) is 0.638. The Labute approximate surface area is 174 Å². The number of rotatable bonds is 7. The number of fused-ring (bicyclic) bond motifs is 1. The summed E-state index contributed by atoms with van der Waals surface area (Å²) in [6.07, 6.45) is -0.519. The van der Waals surface area contributed by atoms with Gasteiger partial charge in [-0.25, -0.2) is 13.4 Å². The van der Waals surface area contributed by atoms with Crippen LogP contribution in [0.5, 0.6) is 0 Å². The minimum absolute atomic E-state index is 0.0527. The second-order valence-electron chi connectivity index (χ2n) is 7.34. The van der Waals surface area contributed by atoms with Crippen LogP contribution in [0.1, 0.15) is 32.5 Å². The third-order valence-electron chi connectivity index (χ3n) is 5.16. The van der Waals surface area contributed by atoms with E-state index in [2.05, 4.69) is 9.97 Å². The van der Waals surface area contributed by atoms with Gasteiger partial charge in [-0.3, -0.25) is 14.4 Å². The molecule has 0 unspecified atom stereocenters. The third kappa shape index (κ3) is 5.05. The molecule has 0 radical (unpaired) electrons. The van der Waals surface area contributed by atoms with Gasteiger partial charge >= 0.3 is 5.97 Å². The number of nitrogens with one attached hydrogen (secondary N) is 1. The number of nitrogens with zero attached hydrogens (tertiary/aromatic N) is 2. The molecule has 10 heteroatoms. The summed E-state index contributed by atoms with van der Waals surface area (Å²) in [4.78, 5) is 45.4. The minimum atomic E-state index is -3.13. The van der Waals surface area contributed by atoms with Crippen LogP contribution in [0.25, 0.3) is 10.9 Å². The number of benzene rings is 1. The van der Waals surface area contributed by atoms with Crippen LogP contribution in [0.15, 0.2) is 29.1 Å². The van der Waals surface area contributed by atoms with E-state index in [-0.39, 0.29) is 35.9 Å². The van der Waals surface area contributed by atoms with E-state index >= 15 is 0 Å². The largest absolute Gasteiger partial charge is 0.453 e. The monoisotopic (exact) mass is 435 g/mol. The zero-order valence-electron chi connectivity index (χ0n) is 17.0. The number of para-hydroxylation sites is 1. The topological polar surface area (TPSA) is 126 Å². The lowest BCUT2D eigenvalue weighted by atomic mass is 10.2. The van der Waals surface area contributed by atoms with Crippen LogP contribution in [-0.2, 0) is 30.6 Å². The number of carbonyl (C=O) groups is 2. The zero-order chi connectivity index (χ0) is 21.9. The van der Waals surface area contributed by atoms with Gasteiger partial charge in [0.15, 0.2) is 15.9 Å². The molecule has 1 aliphatic heterocycles. The molecule has 0 bridgehead atoms. The smallest absolute Gasteiger partial charge is 0.307 e. The first-order valence-electron chi connectivity index (χ1n) is 9.88. The Bertz CT molecular complexity index is 1110. The molecule has 1 aromatic heterocycles. The molecule has 1 aromatic carbocycles. The van der Waals surface area contributed by atoms with E-state index in [9.17, 15) is 22.8 Å². The van der Waals surface area contributed by atoms with E-state index in [1.807, 2.05) is 0 Å². The van der Waals surface area contributed by atoms with Crippen molar-refractivity contribution in [2.24, 2.45) is 0 Å². The summed E-state index contributed by atoms with van der Waals surface area (Å²) in [6.45, 7) is 3.57. The standard InChI is InChI=1S/C20H25N3O6S/c1-3-23(14-10-11-30(27,28)12-14)20(26)13(2)29-18(24)9-8-17-21-16-7-5-4-6-15(16)19(25)22-17/h4-7,13-14H,3,8-12H2,1-2H3,(H,21,22,25)/t13-,14-/m1/s1. The van der Waals surface area contributed by atoms with Crippen LogP contribution in [-0.4, -0.2) is 65.4 Å². The number of likely N-dealkylation sites (N-methyl/N-ethyl adjacent to an activating group) is 1. The van der Waals surface area contributed by atoms with Gasteiger partial charge in [0, 0.05) is 19.0 Å². The highest BCUT2D eigenvalue weighted by Crippen LogP contribution is 2.19. The Morgan fingerprint density at radius 2 is 2.07 bits per heavy atom. The van der Waals surface area contributed by atoms with Crippen LogP contribution in [0.2, 0.25) is 0 Å². The highest BCUT2D eigenvalue weighted by molar-refractivity contribution is 7.91. The first-order valence-corrected chi connectivity index (χ1v) is 11.7. The van der Waals surface area contributed by atoms with E-state index in [4.69, 9.17) is 4.74 Å². The molecule has 2 aromatic rings. The average Bonchev–Trinajstić information content (AvgIpc) is 3.06. The predicted molar refractivity (Wildman–Crippen MR) is 111 cm³/mol. The van der Waals surface area contributed by atoms with E-state index in [1.54, 1.807) is 31.2 Å². The zero-order valence-corrected chi connectivity index (χ0v) is 17.8. The lowest BCUT2D eigenvalue weighted by molar-refractivity contribution is -0.160. The Balaban J connectivity index is 1.57. The summed E-state index contributed by atoms with van der Waals surface area (Å²) in [5.74, 6) is -0.645. The molecule has 1 aliphatic rings. The summed E-state index contributed by atoms with van der Waals surface area (Å²) >= 11 is 0. The van der Waals surface area contributed by atoms with Gasteiger partial charge in [-0.15, -0.1) is 0 Å². The second-order valence-corrected chi connectivity index (χ2v) is 9.57. The lowest BCUT2D eigenvalue weighted by Crippen LogP contribution is -2.46. The molecule has 162 valence electrons. The van der Waals surface area contributed by atoms with E-state index in [0.717, 1.165) is 0 Å². The number of H-pyrrole nitrogens is 1. The molecule has 1 saturated heterocycles. The minimum Gasteiger partial charge on any atom is -0.453 e. The Kier molecular flexibility index (Phi) is 6.55. The van der Waals surface area contributed by atoms with E-state index in [1.165, 1.54) is 11.8 Å². The van der Waals surface area contributed by atoms with Crippen molar-refractivity contribution in [3.8, 4) is 0 Å². The summed E-state index contributed by atoms with van der Waals surface area (Å²) in [5.41, 5.74) is 0.260. The average molecular weight is 436 g/mol. The maximum atomic E-state index is 12.7. The normalized spacial score (nSPS) is 18.8. The Hall–Kier alpha value is -2.75. The number of amides is 1. The molecule has 0 spiro atoms. The van der Waals surface area contributed by atoms with Gasteiger partial charge in [0.05, 0.1) is 28.8 Å². The summed E-state index contributed by atoms with van der Waals surface area (Å²) < 4.78 is 28.7. The number of hydrogen-bond acceptors (Lipinski definition) is 7. The molecule has 2 atom stereocenters. The molecule has 30 heavy (non-hydrogen) atoms. The predicted octanol–water partition coefficient (Wildman–Crippen LogP) is 0.823. The van der Waals surface area contributed by atoms with Gasteiger partial charge < -0.3 is 14.6 Å². The number of aryl methyl sites for hydroxylation is 1. The maximum absolute atomic E-state index is 12.7. The number of hydrogen-bond donors (Lipinski definition) is 1. The second kappa shape index (κ2) is 8.95. The van der Waals surface area contributed by atoms with Crippen molar-refractivity contribution in [1.82, 2.24) is 14.9 Å². The lowest BCUT2D eigenvalue weighted by Gasteiger charge is -2.29. The number of aromatic nitrogens is 2. The molecular weight excluding hydrogens is 410 g/mol. The van der Waals surface area contributed by atoms with Crippen molar-refractivity contribution >= 4 is 32.6 Å². The third-order valence-corrected chi connectivity index (χ3v) is 6.91. The van der Waals surface area contributed by atoms with Crippen molar-refractivity contribution in [3.63, 3.8) is 0 Å². The summed E-state index contributed by atoms with van der Waals surface area (Å²) in [5, 5.41) is 0.469. The van der Waals surface area contributed by atoms with E-state index in [0.29, 0.717) is 29.7 Å². The van der Waals surface area contributed by atoms with Crippen molar-refractivity contribution in [3.05, 3.63) is 40.4 Å². The molecule has 0 aliphatic carbocycles. The number of esters is 1. The van der Waals surface area contributed by atoms with Gasteiger partial charge in [-0.2, -0.15) is 0 Å². The molecular formula is C20H25N3O6S. The van der Waals surface area contributed by atoms with Crippen molar-refractivity contribution in [1.29, 1.82) is 0 Å². The fourth-order valence-corrected chi connectivity index (χ4v) is 5.36. The molecule has 1 N–H and O–H groups in total. The highest BCUT2D eigenvalue weighted by atomic mass is 32.2. The van der Waals surface area contributed by atoms with Crippen LogP contribution < -0.4 is 5.56 Å². The van der Waals surface area contributed by atoms with Crippen molar-refractivity contribution < 1.29 is 22.7 Å². The molecule has 0 saturated carbocycles. The maximum Gasteiger partial charge on any atom is 0.307 e. The Morgan fingerprint density at radius 3 is 2.73 bits per heavy atom. The molecule has 2 heterocycles. The van der Waals surface area contributed by atoms with Gasteiger partial charge in [-0.05, 0) is 32.4 Å². The fourth-order valence-electron chi connectivity index (χ4n) is 3.63. The summed E-state index contributed by atoms with van der Waals surface area (Å²) in [7, 11) is -3.13. The van der Waals surface area contributed by atoms with Crippen molar-refractivity contribution in [2.75, 3.05) is 18.1 Å². The summed E-state index contributed by atoms with van der Waals surface area (Å²) in [6, 6.07) is 6.52. The van der Waals surface area contributed by atoms with Gasteiger partial charge in [0.2, 0.25) is 0 Å². The Morgan fingerprint density at radius 1 is 1.33 bits per heavy atom. The first kappa shape index (κ1) is 21.9. The molecule has 9 nitrogen and oxygen atoms in total. The SMILES string of the molecule is CCN(C(=O)[C@@H](C)OC(=O)CCc1nc2ccccc2c(=O)[nH]1)[C@@H]1CCS(=O)(=O)C1. The number of sulfone groups is 1. The highest BCUT2D eigenvalue weighted by Gasteiger charge is 2.36. The van der Waals surface area contributed by atoms with Gasteiger partial charge in [-0.1, -0.05) is 12.1 Å². The van der Waals surface area contributed by atoms with Gasteiger partial charge in [0.25, 0.3) is 11.5 Å². The van der Waals surface area contributed by atoms with Crippen LogP contribution in [0, 0.1) is 0 Å². The molecule has 3 rings (SSSR count). The van der Waals surface area contributed by atoms with Crippen LogP contribution >= 0.6 is 0 Å². The van der Waals surface area contributed by atoms with E-state index < -0.39 is 27.8 Å². The van der Waals surface area contributed by atoms with Crippen LogP contribution in [0.3, 0.4) is 0 Å². The molecule has 1 amide bonds. The number of aromatic amines is 1. The molecule has 1 fully saturated rings. The van der Waals surface area contributed by atoms with Gasteiger partial charge in [0.1, 0.15) is 5.82 Å².